The largest absolute Gasteiger partial charge is 0.456 e. The van der Waals surface area contributed by atoms with E-state index in [4.69, 9.17) is 4.42 Å². The Labute approximate surface area is 303 Å². The highest BCUT2D eigenvalue weighted by atomic mass is 16.3. The molecule has 0 bridgehead atoms. The van der Waals surface area contributed by atoms with Crippen molar-refractivity contribution in [1.82, 2.24) is 9.13 Å². The Bertz CT molecular complexity index is 3560. The number of benzene rings is 9. The van der Waals surface area contributed by atoms with Crippen LogP contribution in [0.5, 0.6) is 0 Å². The molecule has 13 rings (SSSR count). The van der Waals surface area contributed by atoms with Crippen molar-refractivity contribution >= 4 is 87.1 Å². The van der Waals surface area contributed by atoms with Gasteiger partial charge in [0.05, 0.1) is 27.8 Å². The SMILES string of the molecule is c1ccc2c(-n3c4ccc5oc6ccccc6c5c4c4ccc5c6ccccc6n(-c6ccc7c(c6)-c6cccc8cccc-7c68)c5c43)cccc2c1. The molecule has 0 spiro atoms. The second-order valence-electron chi connectivity index (χ2n) is 14.4. The predicted molar refractivity (Wildman–Crippen MR) is 222 cm³/mol. The number of hydrogen-bond acceptors (Lipinski definition) is 1. The van der Waals surface area contributed by atoms with E-state index < -0.39 is 0 Å². The molecule has 244 valence electrons. The molecule has 3 heterocycles. The minimum atomic E-state index is 0.906. The summed E-state index contributed by atoms with van der Waals surface area (Å²) in [7, 11) is 0. The van der Waals surface area contributed by atoms with Gasteiger partial charge in [0, 0.05) is 43.4 Å². The number of aromatic nitrogens is 2. The first-order valence-electron chi connectivity index (χ1n) is 18.3. The molecule has 0 unspecified atom stereocenters. The van der Waals surface area contributed by atoms with Gasteiger partial charge in [0.15, 0.2) is 0 Å². The van der Waals surface area contributed by atoms with Gasteiger partial charge in [0.2, 0.25) is 0 Å². The summed E-state index contributed by atoms with van der Waals surface area (Å²) in [6.45, 7) is 0. The van der Waals surface area contributed by atoms with Gasteiger partial charge in [-0.05, 0) is 80.9 Å². The fourth-order valence-electron chi connectivity index (χ4n) is 9.69. The molecular formula is C50H28N2O. The van der Waals surface area contributed by atoms with Gasteiger partial charge >= 0.3 is 0 Å². The fraction of sp³-hybridized carbons (Fsp3) is 0. The molecule has 12 aromatic rings. The van der Waals surface area contributed by atoms with Crippen molar-refractivity contribution in [2.75, 3.05) is 0 Å². The number of para-hydroxylation sites is 2. The Morgan fingerprint density at radius 2 is 1.04 bits per heavy atom. The van der Waals surface area contributed by atoms with Crippen LogP contribution in [0.3, 0.4) is 0 Å². The standard InChI is InChI=1S/C50H28N2O/c1-2-14-32-29(10-1)11-9-20-41(32)52-43-26-27-45-48(38-16-4-6-21-44(38)53-45)47(43)39-25-24-37-34-15-3-5-19-42(34)51(49(37)50(39)52)31-22-23-33-35-17-7-12-30-13-8-18-36(46(30)35)40(33)28-31/h1-28H. The maximum atomic E-state index is 6.50. The van der Waals surface area contributed by atoms with Gasteiger partial charge in [-0.25, -0.2) is 0 Å². The van der Waals surface area contributed by atoms with E-state index in [9.17, 15) is 0 Å². The summed E-state index contributed by atoms with van der Waals surface area (Å²) in [4.78, 5) is 0. The zero-order valence-electron chi connectivity index (χ0n) is 28.5. The molecule has 0 saturated carbocycles. The number of nitrogens with zero attached hydrogens (tertiary/aromatic N) is 2. The lowest BCUT2D eigenvalue weighted by atomic mass is 10.0. The highest BCUT2D eigenvalue weighted by molar-refractivity contribution is 6.32. The smallest absolute Gasteiger partial charge is 0.136 e. The lowest BCUT2D eigenvalue weighted by Crippen LogP contribution is -1.99. The highest BCUT2D eigenvalue weighted by Gasteiger charge is 2.26. The quantitative estimate of drug-likeness (QED) is 0.179. The lowest BCUT2D eigenvalue weighted by molar-refractivity contribution is 0.669. The van der Waals surface area contributed by atoms with Gasteiger partial charge in [-0.3, -0.25) is 0 Å². The first kappa shape index (κ1) is 27.6. The molecule has 3 aromatic heterocycles. The molecule has 0 atom stereocenters. The molecule has 3 nitrogen and oxygen atoms in total. The minimum absolute atomic E-state index is 0.906. The van der Waals surface area contributed by atoms with E-state index >= 15 is 0 Å². The summed E-state index contributed by atoms with van der Waals surface area (Å²) >= 11 is 0. The monoisotopic (exact) mass is 672 g/mol. The maximum Gasteiger partial charge on any atom is 0.136 e. The van der Waals surface area contributed by atoms with E-state index in [1.54, 1.807) is 0 Å². The summed E-state index contributed by atoms with van der Waals surface area (Å²) in [5, 5.41) is 12.3. The van der Waals surface area contributed by atoms with Gasteiger partial charge in [-0.2, -0.15) is 0 Å². The Morgan fingerprint density at radius 1 is 0.340 bits per heavy atom. The van der Waals surface area contributed by atoms with Crippen molar-refractivity contribution in [3.8, 4) is 33.6 Å². The summed E-state index contributed by atoms with van der Waals surface area (Å²) in [6.07, 6.45) is 0. The summed E-state index contributed by atoms with van der Waals surface area (Å²) in [5.41, 5.74) is 14.1. The van der Waals surface area contributed by atoms with Gasteiger partial charge < -0.3 is 13.6 Å². The molecule has 0 aliphatic heterocycles. The van der Waals surface area contributed by atoms with Crippen LogP contribution in [-0.4, -0.2) is 9.13 Å². The van der Waals surface area contributed by atoms with E-state index in [2.05, 4.69) is 179 Å². The van der Waals surface area contributed by atoms with Crippen molar-refractivity contribution in [2.45, 2.75) is 0 Å². The number of furan rings is 1. The van der Waals surface area contributed by atoms with Gasteiger partial charge in [0.1, 0.15) is 11.2 Å². The Kier molecular flexibility index (Phi) is 5.11. The highest BCUT2D eigenvalue weighted by Crippen LogP contribution is 2.50. The topological polar surface area (TPSA) is 23.0 Å². The van der Waals surface area contributed by atoms with Crippen LogP contribution >= 0.6 is 0 Å². The molecule has 1 aliphatic rings. The Balaban J connectivity index is 1.25. The second-order valence-corrected chi connectivity index (χ2v) is 14.4. The molecule has 1 aliphatic carbocycles. The number of hydrogen-bond donors (Lipinski definition) is 0. The van der Waals surface area contributed by atoms with Crippen LogP contribution in [-0.2, 0) is 0 Å². The first-order valence-corrected chi connectivity index (χ1v) is 18.3. The van der Waals surface area contributed by atoms with Crippen molar-refractivity contribution in [2.24, 2.45) is 0 Å². The molecule has 9 aromatic carbocycles. The molecule has 0 radical (unpaired) electrons. The third kappa shape index (κ3) is 3.44. The van der Waals surface area contributed by atoms with Gasteiger partial charge in [-0.1, -0.05) is 127 Å². The summed E-state index contributed by atoms with van der Waals surface area (Å²) < 4.78 is 11.5. The van der Waals surface area contributed by atoms with Crippen LogP contribution in [0.1, 0.15) is 0 Å². The van der Waals surface area contributed by atoms with Crippen LogP contribution < -0.4 is 0 Å². The van der Waals surface area contributed by atoms with E-state index in [-0.39, 0.29) is 0 Å². The zero-order chi connectivity index (χ0) is 34.4. The zero-order valence-corrected chi connectivity index (χ0v) is 28.5. The Morgan fingerprint density at radius 3 is 1.94 bits per heavy atom. The average molecular weight is 673 g/mol. The fourth-order valence-corrected chi connectivity index (χ4v) is 9.69. The molecular weight excluding hydrogens is 645 g/mol. The van der Waals surface area contributed by atoms with Gasteiger partial charge in [-0.15, -0.1) is 0 Å². The van der Waals surface area contributed by atoms with Crippen LogP contribution in [0.2, 0.25) is 0 Å². The maximum absolute atomic E-state index is 6.50. The first-order chi connectivity index (χ1) is 26.3. The minimum Gasteiger partial charge on any atom is -0.456 e. The van der Waals surface area contributed by atoms with Crippen molar-refractivity contribution in [1.29, 1.82) is 0 Å². The molecule has 53 heavy (non-hydrogen) atoms. The van der Waals surface area contributed by atoms with Crippen LogP contribution in [0.25, 0.3) is 121 Å². The van der Waals surface area contributed by atoms with Crippen molar-refractivity contribution < 1.29 is 4.42 Å². The summed E-state index contributed by atoms with van der Waals surface area (Å²) in [6, 6.07) is 62.3. The van der Waals surface area contributed by atoms with Crippen LogP contribution in [0.4, 0.5) is 0 Å². The molecule has 0 amide bonds. The van der Waals surface area contributed by atoms with Crippen LogP contribution in [0, 0.1) is 0 Å². The van der Waals surface area contributed by atoms with Gasteiger partial charge in [0.25, 0.3) is 0 Å². The van der Waals surface area contributed by atoms with Crippen LogP contribution in [0.15, 0.2) is 174 Å². The number of fused-ring (bicyclic) bond motifs is 15. The summed E-state index contributed by atoms with van der Waals surface area (Å²) in [5.74, 6) is 0. The second kappa shape index (κ2) is 9.81. The predicted octanol–water partition coefficient (Wildman–Crippen LogP) is 13.7. The van der Waals surface area contributed by atoms with E-state index in [0.29, 0.717) is 0 Å². The molecule has 3 heteroatoms. The molecule has 0 fully saturated rings. The molecule has 0 saturated heterocycles. The van der Waals surface area contributed by atoms with E-state index in [0.717, 1.165) is 38.8 Å². The van der Waals surface area contributed by atoms with Crippen molar-refractivity contribution in [3.05, 3.63) is 170 Å². The third-order valence-electron chi connectivity index (χ3n) is 11.8. The Hall–Kier alpha value is -7.10. The van der Waals surface area contributed by atoms with Crippen molar-refractivity contribution in [3.63, 3.8) is 0 Å². The normalized spacial score (nSPS) is 12.5. The molecule has 0 N–H and O–H groups in total. The average Bonchev–Trinajstić information content (AvgIpc) is 3.95. The van der Waals surface area contributed by atoms with E-state index in [1.165, 1.54) is 81.9 Å². The van der Waals surface area contributed by atoms with E-state index in [1.807, 2.05) is 0 Å². The lowest BCUT2D eigenvalue weighted by Gasteiger charge is -2.15. The third-order valence-corrected chi connectivity index (χ3v) is 11.8. The number of rotatable bonds is 2.